The van der Waals surface area contributed by atoms with Crippen LogP contribution < -0.4 is 5.32 Å². The molecule has 2 unspecified atom stereocenters. The zero-order valence-corrected chi connectivity index (χ0v) is 9.39. The fraction of sp³-hybridized carbons (Fsp3) is 0.538. The lowest BCUT2D eigenvalue weighted by molar-refractivity contribution is 0.305. The molecule has 1 aliphatic heterocycles. The largest absolute Gasteiger partial charge is 0.310 e. The monoisotopic (exact) mass is 207 g/mol. The van der Waals surface area contributed by atoms with Crippen LogP contribution in [0.3, 0.4) is 0 Å². The summed E-state index contributed by atoms with van der Waals surface area (Å²) < 4.78 is 13.3. The van der Waals surface area contributed by atoms with Crippen LogP contribution in [0.15, 0.2) is 18.2 Å². The first-order chi connectivity index (χ1) is 7.16. The predicted octanol–water partition coefficient (Wildman–Crippen LogP) is 3.19. The number of aryl methyl sites for hydroxylation is 1. The van der Waals surface area contributed by atoms with E-state index in [4.69, 9.17) is 0 Å². The molecule has 2 heteroatoms. The molecule has 2 atom stereocenters. The van der Waals surface area contributed by atoms with Gasteiger partial charge in [0.1, 0.15) is 5.82 Å². The van der Waals surface area contributed by atoms with E-state index in [2.05, 4.69) is 18.3 Å². The molecule has 1 nitrogen and oxygen atoms in total. The minimum absolute atomic E-state index is 0.121. The second-order valence-corrected chi connectivity index (χ2v) is 4.61. The molecule has 1 fully saturated rings. The quantitative estimate of drug-likeness (QED) is 0.745. The molecule has 1 aromatic carbocycles. The van der Waals surface area contributed by atoms with Crippen molar-refractivity contribution in [2.75, 3.05) is 6.54 Å². The summed E-state index contributed by atoms with van der Waals surface area (Å²) in [5, 5.41) is 3.47. The molecular weight excluding hydrogens is 189 g/mol. The number of hydrogen-bond acceptors (Lipinski definition) is 1. The molecule has 1 aromatic rings. The van der Waals surface area contributed by atoms with Crippen LogP contribution in [-0.2, 0) is 0 Å². The molecule has 0 aliphatic carbocycles. The molecular formula is C13H18FN. The van der Waals surface area contributed by atoms with Gasteiger partial charge < -0.3 is 5.32 Å². The Labute approximate surface area is 90.7 Å². The lowest BCUT2D eigenvalue weighted by atomic mass is 9.87. The minimum Gasteiger partial charge on any atom is -0.310 e. The van der Waals surface area contributed by atoms with Gasteiger partial charge in [-0.2, -0.15) is 0 Å². The van der Waals surface area contributed by atoms with E-state index in [9.17, 15) is 4.39 Å². The molecule has 1 N–H and O–H groups in total. The summed E-state index contributed by atoms with van der Waals surface area (Å²) in [7, 11) is 0. The average molecular weight is 207 g/mol. The van der Waals surface area contributed by atoms with Crippen LogP contribution in [0.5, 0.6) is 0 Å². The third-order valence-corrected chi connectivity index (χ3v) is 3.19. The second kappa shape index (κ2) is 4.31. The summed E-state index contributed by atoms with van der Waals surface area (Å²) in [6.45, 7) is 5.22. The van der Waals surface area contributed by atoms with Crippen molar-refractivity contribution in [3.63, 3.8) is 0 Å². The molecule has 0 radical (unpaired) electrons. The molecule has 0 saturated carbocycles. The van der Waals surface area contributed by atoms with Gasteiger partial charge in [-0.25, -0.2) is 4.39 Å². The lowest BCUT2D eigenvalue weighted by Gasteiger charge is -2.30. The Hall–Kier alpha value is -0.890. The van der Waals surface area contributed by atoms with Crippen LogP contribution in [0.1, 0.15) is 36.9 Å². The number of nitrogens with one attached hydrogen (secondary N) is 1. The highest BCUT2D eigenvalue weighted by molar-refractivity contribution is 5.27. The van der Waals surface area contributed by atoms with Crippen molar-refractivity contribution in [1.29, 1.82) is 0 Å². The van der Waals surface area contributed by atoms with Gasteiger partial charge in [-0.15, -0.1) is 0 Å². The van der Waals surface area contributed by atoms with E-state index in [1.807, 2.05) is 6.92 Å². The molecule has 82 valence electrons. The maximum atomic E-state index is 13.3. The SMILES string of the molecule is Cc1cc(F)cc(C2NCCCC2C)c1. The first-order valence-corrected chi connectivity index (χ1v) is 5.67. The number of halogens is 1. The van der Waals surface area contributed by atoms with E-state index in [-0.39, 0.29) is 5.82 Å². The smallest absolute Gasteiger partial charge is 0.123 e. The van der Waals surface area contributed by atoms with E-state index in [1.54, 1.807) is 12.1 Å². The van der Waals surface area contributed by atoms with E-state index >= 15 is 0 Å². The lowest BCUT2D eigenvalue weighted by Crippen LogP contribution is -2.32. The van der Waals surface area contributed by atoms with Crippen molar-refractivity contribution < 1.29 is 4.39 Å². The van der Waals surface area contributed by atoms with Gasteiger partial charge in [0.05, 0.1) is 0 Å². The highest BCUT2D eigenvalue weighted by atomic mass is 19.1. The number of piperidine rings is 1. The molecule has 0 amide bonds. The Morgan fingerprint density at radius 1 is 1.33 bits per heavy atom. The Morgan fingerprint density at radius 3 is 2.80 bits per heavy atom. The number of hydrogen-bond donors (Lipinski definition) is 1. The maximum absolute atomic E-state index is 13.3. The highest BCUT2D eigenvalue weighted by Gasteiger charge is 2.22. The van der Waals surface area contributed by atoms with Gasteiger partial charge in [-0.05, 0) is 55.5 Å². The summed E-state index contributed by atoms with van der Waals surface area (Å²) in [5.74, 6) is 0.476. The Morgan fingerprint density at radius 2 is 2.13 bits per heavy atom. The van der Waals surface area contributed by atoms with E-state index < -0.39 is 0 Å². The van der Waals surface area contributed by atoms with Gasteiger partial charge in [-0.3, -0.25) is 0 Å². The minimum atomic E-state index is -0.121. The third-order valence-electron chi connectivity index (χ3n) is 3.19. The Balaban J connectivity index is 2.27. The average Bonchev–Trinajstić information content (AvgIpc) is 2.16. The summed E-state index contributed by atoms with van der Waals surface area (Å²) in [5.41, 5.74) is 2.10. The zero-order chi connectivity index (χ0) is 10.8. The van der Waals surface area contributed by atoms with Gasteiger partial charge in [0.15, 0.2) is 0 Å². The van der Waals surface area contributed by atoms with Crippen molar-refractivity contribution in [3.8, 4) is 0 Å². The standard InChI is InChI=1S/C13H18FN/c1-9-6-11(8-12(14)7-9)13-10(2)4-3-5-15-13/h6-8,10,13,15H,3-5H2,1-2H3. The van der Waals surface area contributed by atoms with Crippen LogP contribution in [0, 0.1) is 18.7 Å². The van der Waals surface area contributed by atoms with E-state index in [1.165, 1.54) is 12.8 Å². The molecule has 0 bridgehead atoms. The van der Waals surface area contributed by atoms with Crippen molar-refractivity contribution in [2.45, 2.75) is 32.7 Å². The van der Waals surface area contributed by atoms with Crippen LogP contribution in [0.25, 0.3) is 0 Å². The fourth-order valence-electron chi connectivity index (χ4n) is 2.44. The van der Waals surface area contributed by atoms with Gasteiger partial charge in [0, 0.05) is 6.04 Å². The van der Waals surface area contributed by atoms with Crippen molar-refractivity contribution in [1.82, 2.24) is 5.32 Å². The molecule has 0 aromatic heterocycles. The van der Waals surface area contributed by atoms with Crippen LogP contribution in [-0.4, -0.2) is 6.54 Å². The zero-order valence-electron chi connectivity index (χ0n) is 9.39. The molecule has 15 heavy (non-hydrogen) atoms. The maximum Gasteiger partial charge on any atom is 0.123 e. The molecule has 1 aliphatic rings. The number of rotatable bonds is 1. The van der Waals surface area contributed by atoms with Crippen LogP contribution >= 0.6 is 0 Å². The fourth-order valence-corrected chi connectivity index (χ4v) is 2.44. The third kappa shape index (κ3) is 2.37. The second-order valence-electron chi connectivity index (χ2n) is 4.61. The first-order valence-electron chi connectivity index (χ1n) is 5.67. The number of benzene rings is 1. The molecule has 1 heterocycles. The highest BCUT2D eigenvalue weighted by Crippen LogP contribution is 2.29. The van der Waals surface area contributed by atoms with Crippen LogP contribution in [0.4, 0.5) is 4.39 Å². The van der Waals surface area contributed by atoms with Crippen LogP contribution in [0.2, 0.25) is 0 Å². The van der Waals surface area contributed by atoms with Crippen molar-refractivity contribution in [3.05, 3.63) is 35.1 Å². The molecule has 1 saturated heterocycles. The van der Waals surface area contributed by atoms with Gasteiger partial charge in [0.2, 0.25) is 0 Å². The summed E-state index contributed by atoms with van der Waals surface area (Å²) in [6.07, 6.45) is 2.46. The molecule has 0 spiro atoms. The normalized spacial score (nSPS) is 26.6. The van der Waals surface area contributed by atoms with Gasteiger partial charge in [0.25, 0.3) is 0 Å². The summed E-state index contributed by atoms with van der Waals surface area (Å²) >= 11 is 0. The Kier molecular flexibility index (Phi) is 3.06. The van der Waals surface area contributed by atoms with Crippen molar-refractivity contribution in [2.24, 2.45) is 5.92 Å². The molecule has 2 rings (SSSR count). The summed E-state index contributed by atoms with van der Waals surface area (Å²) in [6, 6.07) is 5.65. The van der Waals surface area contributed by atoms with Gasteiger partial charge >= 0.3 is 0 Å². The summed E-state index contributed by atoms with van der Waals surface area (Å²) in [4.78, 5) is 0. The van der Waals surface area contributed by atoms with E-state index in [0.29, 0.717) is 12.0 Å². The Bertz CT molecular complexity index is 328. The predicted molar refractivity (Wildman–Crippen MR) is 60.3 cm³/mol. The first kappa shape index (κ1) is 10.6. The topological polar surface area (TPSA) is 12.0 Å². The van der Waals surface area contributed by atoms with E-state index in [0.717, 1.165) is 17.7 Å². The van der Waals surface area contributed by atoms with Crippen molar-refractivity contribution >= 4 is 0 Å². The van der Waals surface area contributed by atoms with Gasteiger partial charge in [-0.1, -0.05) is 13.0 Å².